The van der Waals surface area contributed by atoms with Gasteiger partial charge in [-0.1, -0.05) is 42.5 Å². The summed E-state index contributed by atoms with van der Waals surface area (Å²) in [6, 6.07) is 24.5. The van der Waals surface area contributed by atoms with Gasteiger partial charge in [-0.3, -0.25) is 0 Å². The van der Waals surface area contributed by atoms with Gasteiger partial charge in [-0.05, 0) is 66.3 Å². The smallest absolute Gasteiger partial charge is 0.0446 e. The number of aryl methyl sites for hydroxylation is 1. The minimum absolute atomic E-state index is 1.16. The second kappa shape index (κ2) is 7.48. The summed E-state index contributed by atoms with van der Waals surface area (Å²) in [6.45, 7) is 4.55. The number of hydrogen-bond donors (Lipinski definition) is 0. The Balaban J connectivity index is 1.85. The van der Waals surface area contributed by atoms with Gasteiger partial charge in [0.2, 0.25) is 0 Å². The molecule has 3 aromatic rings. The number of rotatable bonds is 4. The summed E-state index contributed by atoms with van der Waals surface area (Å²) in [5, 5.41) is 0. The molecule has 1 fully saturated rings. The van der Waals surface area contributed by atoms with Crippen LogP contribution >= 0.6 is 0 Å². The third-order valence-corrected chi connectivity index (χ3v) is 5.57. The van der Waals surface area contributed by atoms with Crippen molar-refractivity contribution in [2.75, 3.05) is 37.0 Å². The maximum Gasteiger partial charge on any atom is 0.0446 e. The lowest BCUT2D eigenvalue weighted by Gasteiger charge is -2.24. The quantitative estimate of drug-likeness (QED) is 0.566. The first-order valence-electron chi connectivity index (χ1n) is 9.86. The van der Waals surface area contributed by atoms with Crippen molar-refractivity contribution in [1.29, 1.82) is 0 Å². The third kappa shape index (κ3) is 3.57. The van der Waals surface area contributed by atoms with E-state index in [1.54, 1.807) is 0 Å². The molecule has 138 valence electrons. The zero-order valence-corrected chi connectivity index (χ0v) is 16.6. The first-order valence-corrected chi connectivity index (χ1v) is 9.86. The largest absolute Gasteiger partial charge is 0.378 e. The summed E-state index contributed by atoms with van der Waals surface area (Å²) in [4.78, 5) is 4.71. The van der Waals surface area contributed by atoms with E-state index in [0.29, 0.717) is 0 Å². The second-order valence-electron chi connectivity index (χ2n) is 7.69. The zero-order chi connectivity index (χ0) is 18.8. The lowest BCUT2D eigenvalue weighted by Crippen LogP contribution is -2.18. The highest BCUT2D eigenvalue weighted by Crippen LogP contribution is 2.38. The SMILES string of the molecule is Cc1cc(N(C)C)ccc1-c1cc(-c2ccccc2)ccc1N1CCCC1. The van der Waals surface area contributed by atoms with E-state index in [4.69, 9.17) is 0 Å². The van der Waals surface area contributed by atoms with Crippen LogP contribution in [-0.2, 0) is 0 Å². The average molecular weight is 357 g/mol. The fourth-order valence-electron chi connectivity index (χ4n) is 4.02. The maximum atomic E-state index is 2.55. The Morgan fingerprint density at radius 3 is 2.15 bits per heavy atom. The lowest BCUT2D eigenvalue weighted by atomic mass is 9.94. The molecule has 0 saturated carbocycles. The summed E-state index contributed by atoms with van der Waals surface area (Å²) in [7, 11) is 4.19. The summed E-state index contributed by atoms with van der Waals surface area (Å²) >= 11 is 0. The van der Waals surface area contributed by atoms with Crippen molar-refractivity contribution >= 4 is 11.4 Å². The fourth-order valence-corrected chi connectivity index (χ4v) is 4.02. The molecule has 0 unspecified atom stereocenters. The predicted molar refractivity (Wildman–Crippen MR) is 118 cm³/mol. The standard InChI is InChI=1S/C25H28N2/c1-19-17-22(26(2)3)12-13-23(19)24-18-21(20-9-5-4-6-10-20)11-14-25(24)27-15-7-8-16-27/h4-6,9-14,17-18H,7-8,15-16H2,1-3H3. The van der Waals surface area contributed by atoms with Crippen molar-refractivity contribution in [2.45, 2.75) is 19.8 Å². The number of benzene rings is 3. The lowest BCUT2D eigenvalue weighted by molar-refractivity contribution is 0.949. The van der Waals surface area contributed by atoms with Gasteiger partial charge in [-0.15, -0.1) is 0 Å². The fraction of sp³-hybridized carbons (Fsp3) is 0.280. The van der Waals surface area contributed by atoms with Crippen LogP contribution in [0.1, 0.15) is 18.4 Å². The first kappa shape index (κ1) is 17.7. The van der Waals surface area contributed by atoms with Gasteiger partial charge in [0.1, 0.15) is 0 Å². The highest BCUT2D eigenvalue weighted by atomic mass is 15.1. The molecule has 0 N–H and O–H groups in total. The van der Waals surface area contributed by atoms with E-state index >= 15 is 0 Å². The van der Waals surface area contributed by atoms with Crippen molar-refractivity contribution in [3.05, 3.63) is 72.3 Å². The zero-order valence-electron chi connectivity index (χ0n) is 16.6. The Bertz CT molecular complexity index is 922. The molecule has 1 heterocycles. The van der Waals surface area contributed by atoms with Gasteiger partial charge in [0, 0.05) is 44.1 Å². The number of anilines is 2. The summed E-state index contributed by atoms with van der Waals surface area (Å²) < 4.78 is 0. The van der Waals surface area contributed by atoms with Gasteiger partial charge in [-0.2, -0.15) is 0 Å². The van der Waals surface area contributed by atoms with Gasteiger partial charge in [0.05, 0.1) is 0 Å². The van der Waals surface area contributed by atoms with E-state index in [1.807, 2.05) is 0 Å². The Labute approximate surface area is 163 Å². The van der Waals surface area contributed by atoms with Crippen molar-refractivity contribution in [3.8, 4) is 22.3 Å². The second-order valence-corrected chi connectivity index (χ2v) is 7.69. The van der Waals surface area contributed by atoms with Crippen molar-refractivity contribution < 1.29 is 0 Å². The van der Waals surface area contributed by atoms with Crippen LogP contribution in [-0.4, -0.2) is 27.2 Å². The van der Waals surface area contributed by atoms with Crippen LogP contribution in [0.15, 0.2) is 66.7 Å². The van der Waals surface area contributed by atoms with Gasteiger partial charge in [0.15, 0.2) is 0 Å². The van der Waals surface area contributed by atoms with E-state index in [1.165, 1.54) is 52.0 Å². The maximum absolute atomic E-state index is 2.55. The molecule has 1 aliphatic heterocycles. The van der Waals surface area contributed by atoms with E-state index in [9.17, 15) is 0 Å². The van der Waals surface area contributed by atoms with Gasteiger partial charge >= 0.3 is 0 Å². The Hall–Kier alpha value is -2.74. The van der Waals surface area contributed by atoms with Crippen LogP contribution in [0, 0.1) is 6.92 Å². The van der Waals surface area contributed by atoms with Gasteiger partial charge in [-0.25, -0.2) is 0 Å². The first-order chi connectivity index (χ1) is 13.1. The van der Waals surface area contributed by atoms with Gasteiger partial charge in [0.25, 0.3) is 0 Å². The van der Waals surface area contributed by atoms with Crippen LogP contribution in [0.25, 0.3) is 22.3 Å². The Morgan fingerprint density at radius 1 is 0.741 bits per heavy atom. The van der Waals surface area contributed by atoms with E-state index in [2.05, 4.69) is 97.5 Å². The molecular formula is C25H28N2. The summed E-state index contributed by atoms with van der Waals surface area (Å²) in [5.41, 5.74) is 9.18. The van der Waals surface area contributed by atoms with Crippen LogP contribution in [0.5, 0.6) is 0 Å². The van der Waals surface area contributed by atoms with Crippen LogP contribution in [0.2, 0.25) is 0 Å². The van der Waals surface area contributed by atoms with Crippen molar-refractivity contribution in [2.24, 2.45) is 0 Å². The van der Waals surface area contributed by atoms with E-state index in [0.717, 1.165) is 13.1 Å². The number of hydrogen-bond acceptors (Lipinski definition) is 2. The van der Waals surface area contributed by atoms with Crippen molar-refractivity contribution in [3.63, 3.8) is 0 Å². The Morgan fingerprint density at radius 2 is 1.48 bits per heavy atom. The average Bonchev–Trinajstić information content (AvgIpc) is 3.23. The molecule has 0 atom stereocenters. The summed E-state index contributed by atoms with van der Waals surface area (Å²) in [6.07, 6.45) is 2.58. The molecule has 1 saturated heterocycles. The molecule has 0 spiro atoms. The molecular weight excluding hydrogens is 328 g/mol. The van der Waals surface area contributed by atoms with E-state index < -0.39 is 0 Å². The molecule has 0 aliphatic carbocycles. The van der Waals surface area contributed by atoms with Crippen molar-refractivity contribution in [1.82, 2.24) is 0 Å². The molecule has 2 heteroatoms. The molecule has 1 aliphatic rings. The monoisotopic (exact) mass is 356 g/mol. The minimum Gasteiger partial charge on any atom is -0.378 e. The molecule has 27 heavy (non-hydrogen) atoms. The molecule has 0 aromatic heterocycles. The number of nitrogens with zero attached hydrogens (tertiary/aromatic N) is 2. The Kier molecular flexibility index (Phi) is 4.89. The molecule has 0 radical (unpaired) electrons. The van der Waals surface area contributed by atoms with E-state index in [-0.39, 0.29) is 0 Å². The summed E-state index contributed by atoms with van der Waals surface area (Å²) in [5.74, 6) is 0. The molecule has 0 amide bonds. The normalized spacial score (nSPS) is 13.8. The highest BCUT2D eigenvalue weighted by Gasteiger charge is 2.18. The minimum atomic E-state index is 1.16. The molecule has 0 bridgehead atoms. The highest BCUT2D eigenvalue weighted by molar-refractivity contribution is 5.86. The predicted octanol–water partition coefficient (Wildman–Crippen LogP) is 6.00. The van der Waals surface area contributed by atoms with Crippen LogP contribution < -0.4 is 9.80 Å². The molecule has 2 nitrogen and oxygen atoms in total. The van der Waals surface area contributed by atoms with Crippen LogP contribution in [0.4, 0.5) is 11.4 Å². The molecule has 3 aromatic carbocycles. The third-order valence-electron chi connectivity index (χ3n) is 5.57. The van der Waals surface area contributed by atoms with Crippen LogP contribution in [0.3, 0.4) is 0 Å². The van der Waals surface area contributed by atoms with Gasteiger partial charge < -0.3 is 9.80 Å². The topological polar surface area (TPSA) is 6.48 Å². The molecule has 4 rings (SSSR count).